The van der Waals surface area contributed by atoms with Crippen molar-refractivity contribution in [2.75, 3.05) is 18.1 Å². The average molecular weight is 281 g/mol. The number of ether oxygens (including phenoxy) is 1. The molecule has 0 radical (unpaired) electrons. The molecule has 0 saturated heterocycles. The maximum atomic E-state index is 12.2. The smallest absolute Gasteiger partial charge is 0.121 e. The molecule has 2 N–H and O–H groups in total. The molecule has 0 aliphatic heterocycles. The fraction of sp³-hybridized carbons (Fsp3) is 0.600. The van der Waals surface area contributed by atoms with E-state index in [1.54, 1.807) is 6.07 Å². The Bertz CT molecular complexity index is 436. The minimum absolute atomic E-state index is 0.369. The molecule has 3 nitrogen and oxygen atoms in total. The number of rotatable bonds is 5. The van der Waals surface area contributed by atoms with Crippen LogP contribution in [0.4, 0.5) is 5.69 Å². The van der Waals surface area contributed by atoms with E-state index in [1.807, 2.05) is 18.2 Å². The van der Waals surface area contributed by atoms with Gasteiger partial charge in [-0.25, -0.2) is 0 Å². The van der Waals surface area contributed by atoms with Crippen LogP contribution in [0, 0.1) is 5.92 Å². The fourth-order valence-electron chi connectivity index (χ4n) is 2.63. The molecule has 0 spiro atoms. The molecule has 1 aliphatic rings. The third-order valence-electron chi connectivity index (χ3n) is 3.67. The number of benzene rings is 1. The summed E-state index contributed by atoms with van der Waals surface area (Å²) in [4.78, 5) is 0. The molecular weight excluding hydrogens is 258 g/mol. The summed E-state index contributed by atoms with van der Waals surface area (Å²) < 4.78 is 17.8. The Balaban J connectivity index is 1.74. The largest absolute Gasteiger partial charge is 0.493 e. The van der Waals surface area contributed by atoms with Crippen molar-refractivity contribution < 1.29 is 8.95 Å². The van der Waals surface area contributed by atoms with Gasteiger partial charge in [-0.1, -0.05) is 25.8 Å². The molecule has 1 aromatic rings. The summed E-state index contributed by atoms with van der Waals surface area (Å²) in [6, 6.07) is 7.37. The van der Waals surface area contributed by atoms with Crippen LogP contribution in [0.25, 0.3) is 0 Å². The summed E-state index contributed by atoms with van der Waals surface area (Å²) in [5.41, 5.74) is 6.38. The molecule has 0 bridgehead atoms. The molecule has 2 rings (SSSR count). The van der Waals surface area contributed by atoms with Crippen molar-refractivity contribution in [2.24, 2.45) is 5.92 Å². The van der Waals surface area contributed by atoms with Crippen LogP contribution >= 0.6 is 0 Å². The molecule has 0 heterocycles. The Morgan fingerprint density at radius 1 is 1.42 bits per heavy atom. The van der Waals surface area contributed by atoms with E-state index in [2.05, 4.69) is 6.92 Å². The molecule has 3 atom stereocenters. The summed E-state index contributed by atoms with van der Waals surface area (Å²) in [5.74, 6) is 2.10. The third-order valence-corrected chi connectivity index (χ3v) is 5.41. The van der Waals surface area contributed by atoms with Crippen LogP contribution in [-0.2, 0) is 10.8 Å². The molecule has 19 heavy (non-hydrogen) atoms. The Morgan fingerprint density at radius 2 is 2.26 bits per heavy atom. The quantitative estimate of drug-likeness (QED) is 0.844. The number of anilines is 1. The third kappa shape index (κ3) is 4.53. The lowest BCUT2D eigenvalue weighted by atomic mass is 9.91. The molecule has 1 aliphatic carbocycles. The standard InChI is InChI=1S/C15H23NO2S/c1-12-4-2-7-15(10-12)19(17)9-8-18-14-6-3-5-13(16)11-14/h3,5-6,11-12,15H,2,4,7-10,16H2,1H3. The number of hydrogen-bond donors (Lipinski definition) is 1. The van der Waals surface area contributed by atoms with Crippen LogP contribution in [-0.4, -0.2) is 21.8 Å². The number of nitrogens with two attached hydrogens (primary N) is 1. The summed E-state index contributed by atoms with van der Waals surface area (Å²) in [6.07, 6.45) is 4.71. The van der Waals surface area contributed by atoms with Gasteiger partial charge in [-0.05, 0) is 30.9 Å². The van der Waals surface area contributed by atoms with Crippen molar-refractivity contribution in [1.29, 1.82) is 0 Å². The highest BCUT2D eigenvalue weighted by molar-refractivity contribution is 7.85. The van der Waals surface area contributed by atoms with Crippen LogP contribution in [0.2, 0.25) is 0 Å². The summed E-state index contributed by atoms with van der Waals surface area (Å²) in [7, 11) is -0.762. The predicted molar refractivity (Wildman–Crippen MR) is 80.8 cm³/mol. The summed E-state index contributed by atoms with van der Waals surface area (Å²) in [5, 5.41) is 0.369. The Labute approximate surface area is 118 Å². The maximum Gasteiger partial charge on any atom is 0.121 e. The van der Waals surface area contributed by atoms with E-state index in [4.69, 9.17) is 10.5 Å². The van der Waals surface area contributed by atoms with Crippen molar-refractivity contribution in [1.82, 2.24) is 0 Å². The minimum Gasteiger partial charge on any atom is -0.493 e. The van der Waals surface area contributed by atoms with Crippen molar-refractivity contribution in [3.63, 3.8) is 0 Å². The predicted octanol–water partition coefficient (Wildman–Crippen LogP) is 2.98. The van der Waals surface area contributed by atoms with E-state index in [9.17, 15) is 4.21 Å². The van der Waals surface area contributed by atoms with Gasteiger partial charge in [0.2, 0.25) is 0 Å². The van der Waals surface area contributed by atoms with Gasteiger partial charge in [-0.2, -0.15) is 0 Å². The molecule has 3 unspecified atom stereocenters. The molecule has 4 heteroatoms. The zero-order chi connectivity index (χ0) is 13.7. The van der Waals surface area contributed by atoms with Crippen LogP contribution in [0.1, 0.15) is 32.6 Å². The van der Waals surface area contributed by atoms with Crippen molar-refractivity contribution >= 4 is 16.5 Å². The molecule has 1 aromatic carbocycles. The summed E-state index contributed by atoms with van der Waals surface area (Å²) >= 11 is 0. The molecular formula is C15H23NO2S. The first-order valence-electron chi connectivity index (χ1n) is 7.00. The lowest BCUT2D eigenvalue weighted by Gasteiger charge is -2.25. The van der Waals surface area contributed by atoms with Crippen LogP contribution in [0.15, 0.2) is 24.3 Å². The first-order valence-corrected chi connectivity index (χ1v) is 8.39. The second-order valence-electron chi connectivity index (χ2n) is 5.40. The molecule has 0 aromatic heterocycles. The number of nitrogen functional groups attached to an aromatic ring is 1. The van der Waals surface area contributed by atoms with E-state index in [0.29, 0.717) is 23.3 Å². The maximum absolute atomic E-state index is 12.2. The second-order valence-corrected chi connectivity index (χ2v) is 7.24. The average Bonchev–Trinajstić information content (AvgIpc) is 2.38. The highest BCUT2D eigenvalue weighted by atomic mass is 32.2. The van der Waals surface area contributed by atoms with Crippen LogP contribution < -0.4 is 10.5 Å². The van der Waals surface area contributed by atoms with E-state index in [-0.39, 0.29) is 0 Å². The first kappa shape index (κ1) is 14.4. The van der Waals surface area contributed by atoms with Gasteiger partial charge >= 0.3 is 0 Å². The number of hydrogen-bond acceptors (Lipinski definition) is 3. The monoisotopic (exact) mass is 281 g/mol. The minimum atomic E-state index is -0.762. The van der Waals surface area contributed by atoms with E-state index in [1.165, 1.54) is 12.8 Å². The molecule has 1 saturated carbocycles. The van der Waals surface area contributed by atoms with Crippen molar-refractivity contribution in [3.8, 4) is 5.75 Å². The van der Waals surface area contributed by atoms with E-state index in [0.717, 1.165) is 24.5 Å². The van der Waals surface area contributed by atoms with E-state index < -0.39 is 10.8 Å². The first-order chi connectivity index (χ1) is 9.15. The fourth-order valence-corrected chi connectivity index (χ4v) is 4.18. The lowest BCUT2D eigenvalue weighted by Crippen LogP contribution is -2.26. The second kappa shape index (κ2) is 6.94. The lowest BCUT2D eigenvalue weighted by molar-refractivity contribution is 0.340. The normalized spacial score (nSPS) is 24.9. The Morgan fingerprint density at radius 3 is 3.00 bits per heavy atom. The van der Waals surface area contributed by atoms with Crippen molar-refractivity contribution in [2.45, 2.75) is 37.9 Å². The zero-order valence-electron chi connectivity index (χ0n) is 11.5. The summed E-state index contributed by atoms with van der Waals surface area (Å²) in [6.45, 7) is 2.76. The van der Waals surface area contributed by atoms with Crippen molar-refractivity contribution in [3.05, 3.63) is 24.3 Å². The molecule has 1 fully saturated rings. The van der Waals surface area contributed by atoms with Gasteiger partial charge in [0, 0.05) is 27.8 Å². The van der Waals surface area contributed by atoms with Crippen LogP contribution in [0.3, 0.4) is 0 Å². The van der Waals surface area contributed by atoms with Gasteiger partial charge in [0.15, 0.2) is 0 Å². The Kier molecular flexibility index (Phi) is 5.25. The molecule has 106 valence electrons. The van der Waals surface area contributed by atoms with Gasteiger partial charge in [0.25, 0.3) is 0 Å². The van der Waals surface area contributed by atoms with Gasteiger partial charge in [-0.3, -0.25) is 4.21 Å². The van der Waals surface area contributed by atoms with Crippen LogP contribution in [0.5, 0.6) is 5.75 Å². The SMILES string of the molecule is CC1CCCC(S(=O)CCOc2cccc(N)c2)C1. The topological polar surface area (TPSA) is 52.3 Å². The zero-order valence-corrected chi connectivity index (χ0v) is 12.3. The Hall–Kier alpha value is -1.03. The molecule has 0 amide bonds. The van der Waals surface area contributed by atoms with Gasteiger partial charge in [0.1, 0.15) is 5.75 Å². The van der Waals surface area contributed by atoms with Gasteiger partial charge in [-0.15, -0.1) is 0 Å². The highest BCUT2D eigenvalue weighted by Gasteiger charge is 2.23. The van der Waals surface area contributed by atoms with Gasteiger partial charge in [0.05, 0.1) is 12.4 Å². The van der Waals surface area contributed by atoms with Gasteiger partial charge < -0.3 is 10.5 Å². The highest BCUT2D eigenvalue weighted by Crippen LogP contribution is 2.27. The van der Waals surface area contributed by atoms with E-state index >= 15 is 0 Å².